The molecule has 1 aromatic carbocycles. The molecular weight excluding hydrogens is 302 g/mol. The van der Waals surface area contributed by atoms with Crippen LogP contribution in [0.4, 0.5) is 5.82 Å². The summed E-state index contributed by atoms with van der Waals surface area (Å²) in [4.78, 5) is 26.5. The Labute approximate surface area is 139 Å². The monoisotopic (exact) mass is 321 g/mol. The topological polar surface area (TPSA) is 73.9 Å². The van der Waals surface area contributed by atoms with E-state index in [9.17, 15) is 4.79 Å². The summed E-state index contributed by atoms with van der Waals surface area (Å²) in [6, 6.07) is 9.74. The quantitative estimate of drug-likeness (QED) is 0.778. The Morgan fingerprint density at radius 1 is 1.29 bits per heavy atom. The highest BCUT2D eigenvalue weighted by Crippen LogP contribution is 2.33. The maximum absolute atomic E-state index is 13.0. The molecule has 0 bridgehead atoms. The molecule has 3 heterocycles. The molecule has 0 saturated carbocycles. The lowest BCUT2D eigenvalue weighted by Crippen LogP contribution is -2.30. The number of hydrogen-bond donors (Lipinski definition) is 2. The van der Waals surface area contributed by atoms with Crippen molar-refractivity contribution in [1.82, 2.24) is 19.9 Å². The second-order valence-corrected chi connectivity index (χ2v) is 6.02. The Morgan fingerprint density at radius 2 is 2.21 bits per heavy atom. The molecule has 1 unspecified atom stereocenters. The van der Waals surface area contributed by atoms with Gasteiger partial charge in [-0.3, -0.25) is 4.79 Å². The van der Waals surface area contributed by atoms with Gasteiger partial charge in [0, 0.05) is 25.4 Å². The number of benzene rings is 1. The Bertz CT molecular complexity index is 888. The second kappa shape index (κ2) is 5.96. The van der Waals surface area contributed by atoms with E-state index in [4.69, 9.17) is 0 Å². The predicted molar refractivity (Wildman–Crippen MR) is 92.9 cm³/mol. The largest absolute Gasteiger partial charge is 0.373 e. The maximum atomic E-state index is 13.0. The Hall–Kier alpha value is -2.89. The summed E-state index contributed by atoms with van der Waals surface area (Å²) in [7, 11) is 1.85. The highest BCUT2D eigenvalue weighted by atomic mass is 16.2. The number of nitrogens with zero attached hydrogens (tertiary/aromatic N) is 3. The van der Waals surface area contributed by atoms with Crippen LogP contribution in [0.1, 0.15) is 34.8 Å². The number of anilines is 1. The van der Waals surface area contributed by atoms with Gasteiger partial charge in [0.2, 0.25) is 0 Å². The van der Waals surface area contributed by atoms with Crippen molar-refractivity contribution >= 4 is 22.8 Å². The molecule has 1 aliphatic rings. The van der Waals surface area contributed by atoms with Gasteiger partial charge in [-0.1, -0.05) is 0 Å². The number of carbonyl (C=O) groups excluding carboxylic acids is 1. The summed E-state index contributed by atoms with van der Waals surface area (Å²) < 4.78 is 0. The standard InChI is InChI=1S/C18H19N5O/c1-19-17-10-12(6-7-20-17)16-3-2-8-23(16)18(24)13-4-5-14-15(9-13)22-11-21-14/h4-7,9-11,16H,2-3,8H2,1H3,(H,19,20)(H,21,22). The van der Waals surface area contributed by atoms with Crippen LogP contribution in [-0.4, -0.2) is 39.4 Å². The minimum absolute atomic E-state index is 0.0665. The summed E-state index contributed by atoms with van der Waals surface area (Å²) >= 11 is 0. The lowest BCUT2D eigenvalue weighted by Gasteiger charge is -2.25. The average Bonchev–Trinajstić information content (AvgIpc) is 3.29. The molecule has 0 spiro atoms. The number of imidazole rings is 1. The fraction of sp³-hybridized carbons (Fsp3) is 0.278. The molecule has 6 heteroatoms. The third-order valence-electron chi connectivity index (χ3n) is 4.61. The van der Waals surface area contributed by atoms with Crippen molar-refractivity contribution in [3.8, 4) is 0 Å². The third-order valence-corrected chi connectivity index (χ3v) is 4.61. The number of hydrogen-bond acceptors (Lipinski definition) is 4. The van der Waals surface area contributed by atoms with Crippen molar-refractivity contribution in [3.05, 3.63) is 54.0 Å². The fourth-order valence-electron chi connectivity index (χ4n) is 3.38. The van der Waals surface area contributed by atoms with Crippen molar-refractivity contribution in [2.45, 2.75) is 18.9 Å². The molecule has 0 aliphatic carbocycles. The van der Waals surface area contributed by atoms with Crippen molar-refractivity contribution < 1.29 is 4.79 Å². The number of aromatic amines is 1. The zero-order chi connectivity index (χ0) is 16.5. The molecule has 3 aromatic rings. The fourth-order valence-corrected chi connectivity index (χ4v) is 3.38. The van der Waals surface area contributed by atoms with Crippen LogP contribution < -0.4 is 5.32 Å². The maximum Gasteiger partial charge on any atom is 0.254 e. The third kappa shape index (κ3) is 2.50. The van der Waals surface area contributed by atoms with Gasteiger partial charge in [0.15, 0.2) is 0 Å². The SMILES string of the molecule is CNc1cc(C2CCCN2C(=O)c2ccc3nc[nH]c3c2)ccn1. The molecule has 2 N–H and O–H groups in total. The van der Waals surface area contributed by atoms with E-state index in [1.165, 1.54) is 0 Å². The van der Waals surface area contributed by atoms with E-state index >= 15 is 0 Å². The van der Waals surface area contributed by atoms with Crippen LogP contribution in [0, 0.1) is 0 Å². The molecule has 4 rings (SSSR count). The van der Waals surface area contributed by atoms with Crippen molar-refractivity contribution in [3.63, 3.8) is 0 Å². The van der Waals surface area contributed by atoms with Crippen LogP contribution in [0.5, 0.6) is 0 Å². The van der Waals surface area contributed by atoms with Crippen molar-refractivity contribution in [1.29, 1.82) is 0 Å². The Morgan fingerprint density at radius 3 is 3.08 bits per heavy atom. The number of fused-ring (bicyclic) bond motifs is 1. The van der Waals surface area contributed by atoms with E-state index in [1.54, 1.807) is 12.5 Å². The highest BCUT2D eigenvalue weighted by molar-refractivity contribution is 5.97. The van der Waals surface area contributed by atoms with Gasteiger partial charge in [0.25, 0.3) is 5.91 Å². The highest BCUT2D eigenvalue weighted by Gasteiger charge is 2.30. The number of carbonyl (C=O) groups is 1. The minimum atomic E-state index is 0.0665. The van der Waals surface area contributed by atoms with Gasteiger partial charge in [-0.25, -0.2) is 9.97 Å². The number of likely N-dealkylation sites (tertiary alicyclic amines) is 1. The first-order valence-electron chi connectivity index (χ1n) is 8.14. The van der Waals surface area contributed by atoms with Gasteiger partial charge in [-0.15, -0.1) is 0 Å². The van der Waals surface area contributed by atoms with Crippen LogP contribution in [0.15, 0.2) is 42.9 Å². The summed E-state index contributed by atoms with van der Waals surface area (Å²) in [5, 5.41) is 3.06. The molecule has 122 valence electrons. The van der Waals surface area contributed by atoms with Crippen LogP contribution >= 0.6 is 0 Å². The molecule has 0 radical (unpaired) electrons. The van der Waals surface area contributed by atoms with Crippen LogP contribution in [-0.2, 0) is 0 Å². The number of pyridine rings is 1. The molecule has 1 atom stereocenters. The van der Waals surface area contributed by atoms with E-state index in [-0.39, 0.29) is 11.9 Å². The lowest BCUT2D eigenvalue weighted by atomic mass is 10.0. The van der Waals surface area contributed by atoms with Crippen LogP contribution in [0.3, 0.4) is 0 Å². The zero-order valence-electron chi connectivity index (χ0n) is 13.5. The van der Waals surface area contributed by atoms with Gasteiger partial charge >= 0.3 is 0 Å². The molecule has 2 aromatic heterocycles. The van der Waals surface area contributed by atoms with E-state index in [0.717, 1.165) is 41.8 Å². The molecule has 1 saturated heterocycles. The Kier molecular flexibility index (Phi) is 3.65. The first-order chi connectivity index (χ1) is 11.8. The van der Waals surface area contributed by atoms with E-state index in [1.807, 2.05) is 42.3 Å². The second-order valence-electron chi connectivity index (χ2n) is 6.02. The summed E-state index contributed by atoms with van der Waals surface area (Å²) in [5.41, 5.74) is 3.58. The van der Waals surface area contributed by atoms with Gasteiger partial charge < -0.3 is 15.2 Å². The van der Waals surface area contributed by atoms with Crippen molar-refractivity contribution in [2.24, 2.45) is 0 Å². The van der Waals surface area contributed by atoms with E-state index in [0.29, 0.717) is 5.56 Å². The van der Waals surface area contributed by atoms with Gasteiger partial charge in [-0.2, -0.15) is 0 Å². The normalized spacial score (nSPS) is 17.4. The summed E-state index contributed by atoms with van der Waals surface area (Å²) in [6.07, 6.45) is 5.43. The number of aromatic nitrogens is 3. The van der Waals surface area contributed by atoms with Crippen molar-refractivity contribution in [2.75, 3.05) is 18.9 Å². The first kappa shape index (κ1) is 14.7. The predicted octanol–water partition coefficient (Wildman–Crippen LogP) is 2.98. The average molecular weight is 321 g/mol. The summed E-state index contributed by atoms with van der Waals surface area (Å²) in [5.74, 6) is 0.891. The zero-order valence-corrected chi connectivity index (χ0v) is 13.5. The van der Waals surface area contributed by atoms with Crippen LogP contribution in [0.25, 0.3) is 11.0 Å². The van der Waals surface area contributed by atoms with Crippen LogP contribution in [0.2, 0.25) is 0 Å². The lowest BCUT2D eigenvalue weighted by molar-refractivity contribution is 0.0736. The smallest absolute Gasteiger partial charge is 0.254 e. The molecule has 24 heavy (non-hydrogen) atoms. The number of rotatable bonds is 3. The summed E-state index contributed by atoms with van der Waals surface area (Å²) in [6.45, 7) is 0.779. The van der Waals surface area contributed by atoms with E-state index < -0.39 is 0 Å². The number of amides is 1. The molecule has 6 nitrogen and oxygen atoms in total. The van der Waals surface area contributed by atoms with Gasteiger partial charge in [-0.05, 0) is 48.7 Å². The minimum Gasteiger partial charge on any atom is -0.373 e. The van der Waals surface area contributed by atoms with Gasteiger partial charge in [0.05, 0.1) is 23.4 Å². The molecule has 1 amide bonds. The number of nitrogens with one attached hydrogen (secondary N) is 2. The molecular formula is C18H19N5O. The Balaban J connectivity index is 1.64. The molecule has 1 fully saturated rings. The molecule has 1 aliphatic heterocycles. The first-order valence-corrected chi connectivity index (χ1v) is 8.14. The van der Waals surface area contributed by atoms with E-state index in [2.05, 4.69) is 20.3 Å². The number of H-pyrrole nitrogens is 1. The van der Waals surface area contributed by atoms with Gasteiger partial charge in [0.1, 0.15) is 5.82 Å².